The van der Waals surface area contributed by atoms with Crippen molar-refractivity contribution in [3.8, 4) is 0 Å². The lowest BCUT2D eigenvalue weighted by Crippen LogP contribution is -2.34. The summed E-state index contributed by atoms with van der Waals surface area (Å²) in [7, 11) is 1.85. The molecular formula is C17H22ClN7O4. The maximum absolute atomic E-state index is 9.91. The number of aromatic nitrogens is 4. The number of carbonyl (C=O) groups excluding carboxylic acids is 1. The van der Waals surface area contributed by atoms with Gasteiger partial charge in [-0.15, -0.1) is 0 Å². The summed E-state index contributed by atoms with van der Waals surface area (Å²) in [6.07, 6.45) is 5.97. The number of carbonyl (C=O) groups is 1. The van der Waals surface area contributed by atoms with Crippen LogP contribution < -0.4 is 16.0 Å². The van der Waals surface area contributed by atoms with Gasteiger partial charge in [0.25, 0.3) is 0 Å². The normalized spacial score (nSPS) is 24.9. The number of nitrogens with zero attached hydrogens (tertiary/aromatic N) is 4. The zero-order valence-corrected chi connectivity index (χ0v) is 16.6. The van der Waals surface area contributed by atoms with Crippen LogP contribution in [-0.4, -0.2) is 70.5 Å². The van der Waals surface area contributed by atoms with E-state index in [4.69, 9.17) is 21.1 Å². The molecule has 0 spiro atoms. The van der Waals surface area contributed by atoms with Crippen molar-refractivity contribution in [2.75, 3.05) is 37.0 Å². The summed E-state index contributed by atoms with van der Waals surface area (Å²) < 4.78 is 17.6. The maximum Gasteiger partial charge on any atom is 0.407 e. The van der Waals surface area contributed by atoms with Crippen LogP contribution in [0.15, 0.2) is 18.6 Å². The fraction of sp³-hybridized carbons (Fsp3) is 0.529. The van der Waals surface area contributed by atoms with Crippen molar-refractivity contribution < 1.29 is 19.0 Å². The number of rotatable bonds is 4. The summed E-state index contributed by atoms with van der Waals surface area (Å²) in [5.74, 6) is 1.02. The van der Waals surface area contributed by atoms with Crippen LogP contribution in [0.25, 0.3) is 0 Å². The number of amides is 1. The van der Waals surface area contributed by atoms with E-state index in [2.05, 4.69) is 35.8 Å². The molecule has 0 aromatic carbocycles. The summed E-state index contributed by atoms with van der Waals surface area (Å²) in [4.78, 5) is 18.5. The molecule has 2 aromatic rings. The number of alkyl carbamates (subject to hydrolysis) is 1. The van der Waals surface area contributed by atoms with Crippen LogP contribution in [-0.2, 0) is 21.3 Å². The highest BCUT2D eigenvalue weighted by Gasteiger charge is 2.42. The summed E-state index contributed by atoms with van der Waals surface area (Å²) >= 11 is 6.21. The van der Waals surface area contributed by atoms with Gasteiger partial charge in [-0.05, 0) is 6.42 Å². The van der Waals surface area contributed by atoms with Crippen molar-refractivity contribution in [2.24, 2.45) is 7.05 Å². The molecule has 2 aromatic heterocycles. The number of hydrogen-bond acceptors (Lipinski definition) is 9. The van der Waals surface area contributed by atoms with Crippen LogP contribution in [0.4, 0.5) is 22.2 Å². The van der Waals surface area contributed by atoms with Crippen LogP contribution in [0.1, 0.15) is 6.42 Å². The largest absolute Gasteiger partial charge is 0.448 e. The quantitative estimate of drug-likeness (QED) is 0.667. The minimum atomic E-state index is -0.296. The zero-order valence-electron chi connectivity index (χ0n) is 15.8. The number of ether oxygens (including phenoxy) is 3. The van der Waals surface area contributed by atoms with Crippen LogP contribution >= 0.6 is 11.6 Å². The van der Waals surface area contributed by atoms with Gasteiger partial charge in [0.1, 0.15) is 17.7 Å². The lowest BCUT2D eigenvalue weighted by Gasteiger charge is -2.19. The van der Waals surface area contributed by atoms with E-state index in [1.807, 2.05) is 13.2 Å². The number of aryl methyl sites for hydroxylation is 1. The molecule has 156 valence electrons. The first-order valence-corrected chi connectivity index (χ1v) is 9.65. The van der Waals surface area contributed by atoms with E-state index in [0.717, 1.165) is 18.7 Å². The Morgan fingerprint density at radius 3 is 2.90 bits per heavy atom. The van der Waals surface area contributed by atoms with Gasteiger partial charge >= 0.3 is 6.09 Å². The van der Waals surface area contributed by atoms with E-state index in [1.165, 1.54) is 0 Å². The second-order valence-corrected chi connectivity index (χ2v) is 7.13. The third-order valence-corrected chi connectivity index (χ3v) is 4.87. The Labute approximate surface area is 172 Å². The van der Waals surface area contributed by atoms with Crippen LogP contribution in [0.2, 0.25) is 5.02 Å². The third kappa shape index (κ3) is 4.86. The summed E-state index contributed by atoms with van der Waals surface area (Å²) in [5.41, 5.74) is 0.809. The molecule has 11 nitrogen and oxygen atoms in total. The first-order chi connectivity index (χ1) is 14.1. The first kappa shape index (κ1) is 19.7. The molecule has 3 aliphatic rings. The fourth-order valence-electron chi connectivity index (χ4n) is 3.26. The number of hydrogen-bond donors (Lipinski definition) is 3. The SMILES string of the molecule is Cn1cc(Nc2ncc(Cl)c(NC3COC4CCOC34)n2)cn1.O=C1NCCO1. The Morgan fingerprint density at radius 1 is 1.31 bits per heavy atom. The number of nitrogens with one attached hydrogen (secondary N) is 3. The topological polar surface area (TPSA) is 124 Å². The van der Waals surface area contributed by atoms with Gasteiger partial charge in [-0.1, -0.05) is 11.6 Å². The molecule has 3 atom stereocenters. The van der Waals surface area contributed by atoms with Crippen molar-refractivity contribution in [1.29, 1.82) is 0 Å². The molecule has 5 rings (SSSR count). The number of halogens is 1. The Balaban J connectivity index is 0.000000294. The van der Waals surface area contributed by atoms with Crippen molar-refractivity contribution >= 4 is 35.1 Å². The molecular weight excluding hydrogens is 402 g/mol. The number of cyclic esters (lactones) is 1. The summed E-state index contributed by atoms with van der Waals surface area (Å²) in [6.45, 7) is 2.51. The third-order valence-electron chi connectivity index (χ3n) is 4.60. The van der Waals surface area contributed by atoms with Crippen molar-refractivity contribution in [3.63, 3.8) is 0 Å². The molecule has 1 amide bonds. The summed E-state index contributed by atoms with van der Waals surface area (Å²) in [5, 5.41) is 13.4. The maximum atomic E-state index is 9.91. The van der Waals surface area contributed by atoms with Crippen molar-refractivity contribution in [2.45, 2.75) is 24.7 Å². The van der Waals surface area contributed by atoms with E-state index in [-0.39, 0.29) is 24.3 Å². The molecule has 0 radical (unpaired) electrons. The van der Waals surface area contributed by atoms with E-state index in [0.29, 0.717) is 36.5 Å². The minimum absolute atomic E-state index is 0.0427. The molecule has 3 fully saturated rings. The van der Waals surface area contributed by atoms with E-state index >= 15 is 0 Å². The monoisotopic (exact) mass is 423 g/mol. The highest BCUT2D eigenvalue weighted by atomic mass is 35.5. The van der Waals surface area contributed by atoms with E-state index < -0.39 is 0 Å². The van der Waals surface area contributed by atoms with Crippen LogP contribution in [0.5, 0.6) is 0 Å². The lowest BCUT2D eigenvalue weighted by atomic mass is 10.1. The molecule has 29 heavy (non-hydrogen) atoms. The molecule has 3 unspecified atom stereocenters. The van der Waals surface area contributed by atoms with Gasteiger partial charge in [-0.25, -0.2) is 9.78 Å². The van der Waals surface area contributed by atoms with Gasteiger partial charge in [0, 0.05) is 19.9 Å². The minimum Gasteiger partial charge on any atom is -0.448 e. The van der Waals surface area contributed by atoms with Crippen LogP contribution in [0, 0.1) is 0 Å². The Bertz CT molecular complexity index is 856. The molecule has 0 saturated carbocycles. The molecule has 5 heterocycles. The predicted octanol–water partition coefficient (Wildman–Crippen LogP) is 1.30. The molecule has 3 saturated heterocycles. The van der Waals surface area contributed by atoms with Gasteiger partial charge in [-0.3, -0.25) is 4.68 Å². The number of fused-ring (bicyclic) bond motifs is 1. The lowest BCUT2D eigenvalue weighted by molar-refractivity contribution is 0.0718. The van der Waals surface area contributed by atoms with Gasteiger partial charge < -0.3 is 30.2 Å². The van der Waals surface area contributed by atoms with Gasteiger partial charge in [-0.2, -0.15) is 10.1 Å². The van der Waals surface area contributed by atoms with Crippen molar-refractivity contribution in [1.82, 2.24) is 25.1 Å². The van der Waals surface area contributed by atoms with Gasteiger partial charge in [0.2, 0.25) is 5.95 Å². The Hall–Kier alpha value is -2.63. The second kappa shape index (κ2) is 8.80. The van der Waals surface area contributed by atoms with E-state index in [1.54, 1.807) is 17.1 Å². The highest BCUT2D eigenvalue weighted by Crippen LogP contribution is 2.30. The van der Waals surface area contributed by atoms with Crippen LogP contribution in [0.3, 0.4) is 0 Å². The first-order valence-electron chi connectivity index (χ1n) is 9.27. The molecule has 3 aliphatic heterocycles. The molecule has 0 bridgehead atoms. The smallest absolute Gasteiger partial charge is 0.407 e. The van der Waals surface area contributed by atoms with Gasteiger partial charge in [0.15, 0.2) is 5.82 Å². The molecule has 12 heteroatoms. The standard InChI is InChI=1S/C14H17ClN6O2.C3H5NO2/c1-21-6-8(4-17-21)18-14-16-5-9(15)13(20-14)19-10-7-23-11-2-3-22-12(10)11;5-3-4-1-2-6-3/h4-6,10-12H,2-3,7H2,1H3,(H2,16,18,19,20);1-2H2,(H,4,5). The molecule has 0 aliphatic carbocycles. The second-order valence-electron chi connectivity index (χ2n) is 6.73. The average Bonchev–Trinajstić information content (AvgIpc) is 3.47. The Kier molecular flexibility index (Phi) is 5.97. The van der Waals surface area contributed by atoms with E-state index in [9.17, 15) is 4.79 Å². The zero-order chi connectivity index (χ0) is 20.2. The van der Waals surface area contributed by atoms with Gasteiger partial charge in [0.05, 0.1) is 43.4 Å². The fourth-order valence-corrected chi connectivity index (χ4v) is 3.40. The highest BCUT2D eigenvalue weighted by molar-refractivity contribution is 6.32. The summed E-state index contributed by atoms with van der Waals surface area (Å²) in [6, 6.07) is 0.0427. The average molecular weight is 424 g/mol. The predicted molar refractivity (Wildman–Crippen MR) is 104 cm³/mol. The number of anilines is 3. The molecule has 3 N–H and O–H groups in total. The Morgan fingerprint density at radius 2 is 2.21 bits per heavy atom. The van der Waals surface area contributed by atoms with Crippen molar-refractivity contribution in [3.05, 3.63) is 23.6 Å².